The number of anilines is 1. The topological polar surface area (TPSA) is 109 Å². The minimum atomic E-state index is -4.89. The molecule has 0 bridgehead atoms. The molecule has 0 atom stereocenters. The minimum absolute atomic E-state index is 0.00865. The fraction of sp³-hybridized carbons (Fsp3) is 0.154. The molecule has 0 amide bonds. The maximum absolute atomic E-state index is 14.4. The second-order valence-corrected chi connectivity index (χ2v) is 11.1. The number of ketones is 1. The van der Waals surface area contributed by atoms with Crippen LogP contribution in [0.4, 0.5) is 27.6 Å². The molecular formula is C26H18ClF5N4O4S. The number of aryl methyl sites for hydroxylation is 1. The molecule has 0 aliphatic heterocycles. The van der Waals surface area contributed by atoms with E-state index in [4.69, 9.17) is 21.5 Å². The molecule has 2 N–H and O–H groups in total. The van der Waals surface area contributed by atoms with Gasteiger partial charge in [-0.15, -0.1) is 0 Å². The van der Waals surface area contributed by atoms with E-state index in [1.54, 1.807) is 0 Å². The monoisotopic (exact) mass is 612 g/mol. The lowest BCUT2D eigenvalue weighted by atomic mass is 9.97. The number of hydrogen-bond acceptors (Lipinski definition) is 6. The Kier molecular flexibility index (Phi) is 6.83. The van der Waals surface area contributed by atoms with Gasteiger partial charge in [0.05, 0.1) is 33.6 Å². The van der Waals surface area contributed by atoms with Gasteiger partial charge < -0.3 is 14.7 Å². The highest BCUT2D eigenvalue weighted by molar-refractivity contribution is 7.85. The molecule has 0 radical (unpaired) electrons. The lowest BCUT2D eigenvalue weighted by molar-refractivity contribution is -0.137. The van der Waals surface area contributed by atoms with Crippen LogP contribution in [-0.4, -0.2) is 34.4 Å². The molecule has 214 valence electrons. The summed E-state index contributed by atoms with van der Waals surface area (Å²) in [4.78, 5) is 17.4. The molecule has 0 saturated heterocycles. The number of pyridine rings is 1. The Morgan fingerprint density at radius 2 is 1.76 bits per heavy atom. The number of alkyl halides is 3. The zero-order valence-electron chi connectivity index (χ0n) is 21.1. The van der Waals surface area contributed by atoms with Crippen molar-refractivity contribution in [3.63, 3.8) is 0 Å². The molecule has 0 spiro atoms. The lowest BCUT2D eigenvalue weighted by Crippen LogP contribution is -2.10. The maximum atomic E-state index is 14.4. The minimum Gasteiger partial charge on any atom is -0.394 e. The average molecular weight is 613 g/mol. The molecule has 0 fully saturated rings. The van der Waals surface area contributed by atoms with E-state index in [2.05, 4.69) is 4.98 Å². The van der Waals surface area contributed by atoms with Gasteiger partial charge in [0, 0.05) is 29.9 Å². The van der Waals surface area contributed by atoms with Gasteiger partial charge in [-0.05, 0) is 36.4 Å². The fourth-order valence-corrected chi connectivity index (χ4v) is 5.17. The number of aromatic nitrogens is 3. The van der Waals surface area contributed by atoms with Crippen molar-refractivity contribution in [1.29, 1.82) is 0 Å². The smallest absolute Gasteiger partial charge is 0.394 e. The van der Waals surface area contributed by atoms with Crippen LogP contribution >= 0.6 is 11.6 Å². The van der Waals surface area contributed by atoms with Gasteiger partial charge in [-0.25, -0.2) is 13.8 Å². The number of imidazole rings is 1. The number of fused-ring (bicyclic) bond motifs is 2. The summed E-state index contributed by atoms with van der Waals surface area (Å²) in [5.74, 6) is -3.07. The number of nitrogens with zero attached hydrogens (tertiary/aromatic N) is 3. The molecule has 41 heavy (non-hydrogen) atoms. The van der Waals surface area contributed by atoms with E-state index in [9.17, 15) is 35.2 Å². The highest BCUT2D eigenvalue weighted by atomic mass is 35.5. The SMILES string of the molecule is Cn1c(COS(C)(=O)=O)nc2c(Cl)c(-c3cccn4c(C(=O)c5cc(F)c(N)c(F)c5)ccc34)c(C(F)(F)F)cc21. The summed E-state index contributed by atoms with van der Waals surface area (Å²) in [7, 11) is -2.48. The number of carbonyl (C=O) groups is 1. The molecule has 0 saturated carbocycles. The van der Waals surface area contributed by atoms with Crippen LogP contribution in [0.3, 0.4) is 0 Å². The fourth-order valence-electron chi connectivity index (χ4n) is 4.51. The second-order valence-electron chi connectivity index (χ2n) is 9.11. The van der Waals surface area contributed by atoms with Gasteiger partial charge in [0.1, 0.15) is 35.3 Å². The molecule has 8 nitrogen and oxygen atoms in total. The zero-order valence-corrected chi connectivity index (χ0v) is 22.6. The Balaban J connectivity index is 1.72. The third-order valence-corrected chi connectivity index (χ3v) is 7.37. The molecule has 5 aromatic rings. The summed E-state index contributed by atoms with van der Waals surface area (Å²) in [6.07, 6.45) is -2.67. The standard InChI is InChI=1S/C26H18ClF5N4O4S/c1-35-19-10-14(26(30,31)32)21(22(27)24(19)34-20(35)11-40-41(2,38)39)13-4-3-7-36-17(13)5-6-18(36)25(37)12-8-15(28)23(33)16(29)9-12/h3-10H,11,33H2,1-2H3. The molecule has 15 heteroatoms. The molecule has 0 unspecified atom stereocenters. The van der Waals surface area contributed by atoms with Crippen LogP contribution in [-0.2, 0) is 34.1 Å². The first-order chi connectivity index (χ1) is 19.1. The Hall–Kier alpha value is -4.01. The second kappa shape index (κ2) is 9.82. The summed E-state index contributed by atoms with van der Waals surface area (Å²) in [5.41, 5.74) is 2.59. The first-order valence-corrected chi connectivity index (χ1v) is 13.8. The number of nitrogen functional groups attached to an aromatic ring is 1. The van der Waals surface area contributed by atoms with Crippen molar-refractivity contribution in [3.8, 4) is 11.1 Å². The predicted octanol–water partition coefficient (Wildman–Crippen LogP) is 5.73. The quantitative estimate of drug-likeness (QED) is 0.114. The first-order valence-electron chi connectivity index (χ1n) is 11.6. The molecule has 5 rings (SSSR count). The molecule has 0 aliphatic rings. The van der Waals surface area contributed by atoms with Crippen molar-refractivity contribution < 1.29 is 39.3 Å². The first kappa shape index (κ1) is 28.5. The van der Waals surface area contributed by atoms with Crippen molar-refractivity contribution in [2.45, 2.75) is 12.8 Å². The molecule has 3 aromatic heterocycles. The Bertz CT molecular complexity index is 1980. The largest absolute Gasteiger partial charge is 0.417 e. The normalized spacial score (nSPS) is 12.5. The Labute approximate surface area is 233 Å². The third-order valence-electron chi connectivity index (χ3n) is 6.45. The van der Waals surface area contributed by atoms with E-state index < -0.39 is 57.1 Å². The van der Waals surface area contributed by atoms with Crippen LogP contribution in [0.25, 0.3) is 27.7 Å². The van der Waals surface area contributed by atoms with Crippen LogP contribution in [0.15, 0.2) is 48.7 Å². The number of hydrogen-bond donors (Lipinski definition) is 1. The lowest BCUT2D eigenvalue weighted by Gasteiger charge is -2.17. The highest BCUT2D eigenvalue weighted by Gasteiger charge is 2.37. The summed E-state index contributed by atoms with van der Waals surface area (Å²) in [5, 5.41) is -0.374. The van der Waals surface area contributed by atoms with E-state index in [1.807, 2.05) is 0 Å². The van der Waals surface area contributed by atoms with Gasteiger partial charge in [-0.1, -0.05) is 17.7 Å². The summed E-state index contributed by atoms with van der Waals surface area (Å²) < 4.78 is 101. The highest BCUT2D eigenvalue weighted by Crippen LogP contribution is 2.46. The van der Waals surface area contributed by atoms with Crippen LogP contribution < -0.4 is 5.73 Å². The third kappa shape index (κ3) is 5.02. The van der Waals surface area contributed by atoms with Crippen molar-refractivity contribution in [2.24, 2.45) is 7.05 Å². The number of benzene rings is 2. The van der Waals surface area contributed by atoms with Gasteiger partial charge in [-0.3, -0.25) is 8.98 Å². The van der Waals surface area contributed by atoms with E-state index in [-0.39, 0.29) is 44.2 Å². The molecular weight excluding hydrogens is 595 g/mol. The number of carbonyl (C=O) groups excluding carboxylic acids is 1. The average Bonchev–Trinajstić information content (AvgIpc) is 3.46. The summed E-state index contributed by atoms with van der Waals surface area (Å²) >= 11 is 6.57. The van der Waals surface area contributed by atoms with Gasteiger partial charge in [-0.2, -0.15) is 21.6 Å². The van der Waals surface area contributed by atoms with E-state index >= 15 is 0 Å². The van der Waals surface area contributed by atoms with Crippen molar-refractivity contribution in [1.82, 2.24) is 14.0 Å². The van der Waals surface area contributed by atoms with Crippen LogP contribution in [0, 0.1) is 11.6 Å². The van der Waals surface area contributed by atoms with Crippen molar-refractivity contribution in [3.05, 3.63) is 88.0 Å². The van der Waals surface area contributed by atoms with E-state index in [1.165, 1.54) is 46.5 Å². The number of halogens is 6. The van der Waals surface area contributed by atoms with Crippen LogP contribution in [0.1, 0.15) is 27.4 Å². The number of rotatable bonds is 6. The van der Waals surface area contributed by atoms with Crippen LogP contribution in [0.5, 0.6) is 0 Å². The van der Waals surface area contributed by atoms with Gasteiger partial charge in [0.25, 0.3) is 10.1 Å². The van der Waals surface area contributed by atoms with E-state index in [0.29, 0.717) is 0 Å². The zero-order chi connectivity index (χ0) is 30.0. The van der Waals surface area contributed by atoms with Gasteiger partial charge in [0.15, 0.2) is 0 Å². The Morgan fingerprint density at radius 3 is 2.37 bits per heavy atom. The predicted molar refractivity (Wildman–Crippen MR) is 141 cm³/mol. The summed E-state index contributed by atoms with van der Waals surface area (Å²) in [6, 6.07) is 7.79. The molecule has 3 heterocycles. The maximum Gasteiger partial charge on any atom is 0.417 e. The summed E-state index contributed by atoms with van der Waals surface area (Å²) in [6.45, 7) is -0.539. The molecule has 2 aromatic carbocycles. The Morgan fingerprint density at radius 1 is 1.10 bits per heavy atom. The van der Waals surface area contributed by atoms with Gasteiger partial charge in [0.2, 0.25) is 5.78 Å². The molecule has 0 aliphatic carbocycles. The van der Waals surface area contributed by atoms with Crippen molar-refractivity contribution in [2.75, 3.05) is 12.0 Å². The number of nitrogens with two attached hydrogens (primary N) is 1. The van der Waals surface area contributed by atoms with Crippen LogP contribution in [0.2, 0.25) is 5.02 Å². The van der Waals surface area contributed by atoms with E-state index in [0.717, 1.165) is 24.5 Å². The van der Waals surface area contributed by atoms with Crippen molar-refractivity contribution >= 4 is 49.7 Å². The van der Waals surface area contributed by atoms with Gasteiger partial charge >= 0.3 is 6.18 Å².